The zero-order chi connectivity index (χ0) is 20.9. The highest BCUT2D eigenvalue weighted by molar-refractivity contribution is 9.10. The van der Waals surface area contributed by atoms with Crippen molar-refractivity contribution in [3.8, 4) is 22.5 Å². The summed E-state index contributed by atoms with van der Waals surface area (Å²) in [6, 6.07) is 28.2. The standard InChI is InChI=1S/C24H18Br2N4/c1-30(27-16-17-7-11-20(25)12-8-17)24-28-22(18-5-3-2-4-6-18)15-23(29-24)19-9-13-21(26)14-10-19/h2-16H,1H3/b27-16-. The Morgan fingerprint density at radius 1 is 0.733 bits per heavy atom. The lowest BCUT2D eigenvalue weighted by atomic mass is 10.1. The lowest BCUT2D eigenvalue weighted by Crippen LogP contribution is -2.13. The van der Waals surface area contributed by atoms with Gasteiger partial charge in [-0.1, -0.05) is 86.5 Å². The third-order valence-corrected chi connectivity index (χ3v) is 5.52. The summed E-state index contributed by atoms with van der Waals surface area (Å²) in [6.45, 7) is 0. The minimum atomic E-state index is 0.530. The Labute approximate surface area is 192 Å². The van der Waals surface area contributed by atoms with E-state index in [2.05, 4.69) is 37.0 Å². The van der Waals surface area contributed by atoms with Gasteiger partial charge in [0.1, 0.15) is 0 Å². The Balaban J connectivity index is 1.73. The molecule has 0 bridgehead atoms. The topological polar surface area (TPSA) is 41.4 Å². The van der Waals surface area contributed by atoms with Crippen molar-refractivity contribution in [3.63, 3.8) is 0 Å². The fourth-order valence-electron chi connectivity index (χ4n) is 2.86. The fourth-order valence-corrected chi connectivity index (χ4v) is 3.39. The first-order chi connectivity index (χ1) is 14.6. The van der Waals surface area contributed by atoms with Crippen LogP contribution in [0.15, 0.2) is 99.0 Å². The monoisotopic (exact) mass is 520 g/mol. The molecule has 0 atom stereocenters. The largest absolute Gasteiger partial charge is 0.247 e. The van der Waals surface area contributed by atoms with Crippen molar-refractivity contribution in [3.05, 3.63) is 99.4 Å². The maximum atomic E-state index is 4.76. The van der Waals surface area contributed by atoms with Crippen molar-refractivity contribution in [2.45, 2.75) is 0 Å². The summed E-state index contributed by atoms with van der Waals surface area (Å²) in [4.78, 5) is 9.52. The number of nitrogens with zero attached hydrogens (tertiary/aromatic N) is 4. The molecule has 1 heterocycles. The van der Waals surface area contributed by atoms with Gasteiger partial charge in [-0.3, -0.25) is 0 Å². The Kier molecular flexibility index (Phi) is 6.35. The van der Waals surface area contributed by atoms with Gasteiger partial charge in [0.05, 0.1) is 17.6 Å². The quantitative estimate of drug-likeness (QED) is 0.214. The summed E-state index contributed by atoms with van der Waals surface area (Å²) in [5.74, 6) is 0.530. The number of halogens is 2. The molecule has 4 rings (SSSR count). The van der Waals surface area contributed by atoms with Crippen molar-refractivity contribution < 1.29 is 0 Å². The molecule has 1 aromatic heterocycles. The molecule has 0 aliphatic carbocycles. The van der Waals surface area contributed by atoms with Crippen LogP contribution in [0.3, 0.4) is 0 Å². The van der Waals surface area contributed by atoms with Crippen LogP contribution in [0.5, 0.6) is 0 Å². The average Bonchev–Trinajstić information content (AvgIpc) is 2.79. The first-order valence-electron chi connectivity index (χ1n) is 9.32. The Bertz CT molecular complexity index is 1160. The Morgan fingerprint density at radius 2 is 1.27 bits per heavy atom. The van der Waals surface area contributed by atoms with E-state index in [-0.39, 0.29) is 0 Å². The summed E-state index contributed by atoms with van der Waals surface area (Å²) in [5.41, 5.74) is 4.74. The van der Waals surface area contributed by atoms with Gasteiger partial charge >= 0.3 is 0 Å². The van der Waals surface area contributed by atoms with E-state index < -0.39 is 0 Å². The highest BCUT2D eigenvalue weighted by Crippen LogP contribution is 2.27. The average molecular weight is 522 g/mol. The van der Waals surface area contributed by atoms with Crippen LogP contribution in [0.25, 0.3) is 22.5 Å². The predicted octanol–water partition coefficient (Wildman–Crippen LogP) is 6.81. The lowest BCUT2D eigenvalue weighted by Gasteiger charge is -2.14. The summed E-state index contributed by atoms with van der Waals surface area (Å²) in [7, 11) is 1.85. The van der Waals surface area contributed by atoms with Crippen LogP contribution >= 0.6 is 31.9 Å². The van der Waals surface area contributed by atoms with Crippen molar-refractivity contribution in [1.82, 2.24) is 9.97 Å². The molecule has 3 aromatic carbocycles. The fraction of sp³-hybridized carbons (Fsp3) is 0.0417. The second-order valence-corrected chi connectivity index (χ2v) is 8.46. The van der Waals surface area contributed by atoms with Crippen LogP contribution in [0.1, 0.15) is 5.56 Å². The van der Waals surface area contributed by atoms with Crippen molar-refractivity contribution >= 4 is 44.0 Å². The number of hydrogen-bond donors (Lipinski definition) is 0. The number of rotatable bonds is 5. The van der Waals surface area contributed by atoms with E-state index in [1.54, 1.807) is 11.2 Å². The third-order valence-electron chi connectivity index (χ3n) is 4.46. The van der Waals surface area contributed by atoms with Gasteiger partial charge in [0.15, 0.2) is 0 Å². The molecule has 0 fully saturated rings. The molecule has 30 heavy (non-hydrogen) atoms. The van der Waals surface area contributed by atoms with Gasteiger partial charge in [0.2, 0.25) is 5.95 Å². The normalized spacial score (nSPS) is 11.0. The van der Waals surface area contributed by atoms with Crippen LogP contribution in [0.4, 0.5) is 5.95 Å². The molecule has 148 valence electrons. The van der Waals surface area contributed by atoms with Gasteiger partial charge in [-0.15, -0.1) is 0 Å². The van der Waals surface area contributed by atoms with Crippen molar-refractivity contribution in [2.24, 2.45) is 5.10 Å². The van der Waals surface area contributed by atoms with Crippen molar-refractivity contribution in [1.29, 1.82) is 0 Å². The predicted molar refractivity (Wildman–Crippen MR) is 131 cm³/mol. The number of hydrogen-bond acceptors (Lipinski definition) is 4. The summed E-state index contributed by atoms with van der Waals surface area (Å²) in [6.07, 6.45) is 1.80. The number of aromatic nitrogens is 2. The second kappa shape index (κ2) is 9.32. The van der Waals surface area contributed by atoms with Crippen LogP contribution in [-0.2, 0) is 0 Å². The first-order valence-corrected chi connectivity index (χ1v) is 10.9. The maximum absolute atomic E-state index is 4.76. The number of benzene rings is 3. The second-order valence-electron chi connectivity index (χ2n) is 6.63. The zero-order valence-corrected chi connectivity index (χ0v) is 19.4. The first kappa shape index (κ1) is 20.4. The Morgan fingerprint density at radius 3 is 1.87 bits per heavy atom. The highest BCUT2D eigenvalue weighted by Gasteiger charge is 2.11. The maximum Gasteiger partial charge on any atom is 0.247 e. The molecule has 0 aliphatic rings. The molecule has 0 saturated carbocycles. The third kappa shape index (κ3) is 5.01. The van der Waals surface area contributed by atoms with E-state index in [4.69, 9.17) is 9.97 Å². The zero-order valence-electron chi connectivity index (χ0n) is 16.2. The van der Waals surface area contributed by atoms with Gasteiger partial charge in [-0.05, 0) is 35.9 Å². The Hall–Kier alpha value is -2.83. The van der Waals surface area contributed by atoms with Gasteiger partial charge < -0.3 is 0 Å². The SMILES string of the molecule is CN(/N=C\c1ccc(Br)cc1)c1nc(-c2ccccc2)cc(-c2ccc(Br)cc2)n1. The van der Waals surface area contributed by atoms with Gasteiger partial charge in [0.25, 0.3) is 0 Å². The van der Waals surface area contributed by atoms with Gasteiger partial charge in [0, 0.05) is 27.1 Å². The van der Waals surface area contributed by atoms with E-state index in [9.17, 15) is 0 Å². The summed E-state index contributed by atoms with van der Waals surface area (Å²) >= 11 is 6.94. The molecule has 0 saturated heterocycles. The molecular weight excluding hydrogens is 504 g/mol. The molecule has 0 N–H and O–H groups in total. The van der Waals surface area contributed by atoms with Crippen LogP contribution in [0.2, 0.25) is 0 Å². The number of anilines is 1. The van der Waals surface area contributed by atoms with Crippen LogP contribution in [-0.4, -0.2) is 23.2 Å². The minimum absolute atomic E-state index is 0.530. The van der Waals surface area contributed by atoms with E-state index >= 15 is 0 Å². The molecule has 4 aromatic rings. The van der Waals surface area contributed by atoms with Gasteiger partial charge in [-0.2, -0.15) is 5.10 Å². The van der Waals surface area contributed by atoms with E-state index in [1.807, 2.05) is 92.0 Å². The molecule has 0 aliphatic heterocycles. The van der Waals surface area contributed by atoms with Crippen LogP contribution < -0.4 is 5.01 Å². The van der Waals surface area contributed by atoms with E-state index in [0.717, 1.165) is 37.0 Å². The molecule has 0 spiro atoms. The van der Waals surface area contributed by atoms with Crippen LogP contribution in [0, 0.1) is 0 Å². The number of hydrazone groups is 1. The molecule has 6 heteroatoms. The summed E-state index contributed by atoms with van der Waals surface area (Å²) in [5, 5.41) is 6.23. The lowest BCUT2D eigenvalue weighted by molar-refractivity contribution is 0.938. The van der Waals surface area contributed by atoms with Crippen molar-refractivity contribution in [2.75, 3.05) is 12.1 Å². The highest BCUT2D eigenvalue weighted by atomic mass is 79.9. The minimum Gasteiger partial charge on any atom is -0.235 e. The molecule has 0 unspecified atom stereocenters. The van der Waals surface area contributed by atoms with E-state index in [1.165, 1.54) is 0 Å². The molecule has 4 nitrogen and oxygen atoms in total. The van der Waals surface area contributed by atoms with Gasteiger partial charge in [-0.25, -0.2) is 15.0 Å². The molecule has 0 radical (unpaired) electrons. The molecular formula is C24H18Br2N4. The van der Waals surface area contributed by atoms with E-state index in [0.29, 0.717) is 5.95 Å². The smallest absolute Gasteiger partial charge is 0.235 e. The molecule has 0 amide bonds. The summed E-state index contributed by atoms with van der Waals surface area (Å²) < 4.78 is 2.06.